The van der Waals surface area contributed by atoms with Gasteiger partial charge in [0.15, 0.2) is 0 Å². The maximum Gasteiger partial charge on any atom is 0.495 e. The Bertz CT molecular complexity index is 1000. The van der Waals surface area contributed by atoms with Crippen molar-refractivity contribution >= 4 is 23.4 Å². The van der Waals surface area contributed by atoms with Crippen LogP contribution in [0.2, 0.25) is 0 Å². The fraction of sp³-hybridized carbons (Fsp3) is 0.273. The van der Waals surface area contributed by atoms with E-state index in [1.807, 2.05) is 0 Å². The minimum atomic E-state index is -0.344. The van der Waals surface area contributed by atoms with Gasteiger partial charge in [-0.1, -0.05) is 54.6 Å². The zero-order chi connectivity index (χ0) is 17.4. The predicted molar refractivity (Wildman–Crippen MR) is 104 cm³/mol. The zero-order valence-electron chi connectivity index (χ0n) is 15.1. The topological polar surface area (TPSA) is 18.5 Å². The Morgan fingerprint density at radius 1 is 0.680 bits per heavy atom. The van der Waals surface area contributed by atoms with Gasteiger partial charge in [-0.2, -0.15) is 0 Å². The van der Waals surface area contributed by atoms with Crippen molar-refractivity contribution < 1.29 is 9.31 Å². The van der Waals surface area contributed by atoms with Crippen LogP contribution in [0, 0.1) is 0 Å². The zero-order valence-corrected chi connectivity index (χ0v) is 15.1. The molecule has 2 aliphatic rings. The fourth-order valence-corrected chi connectivity index (χ4v) is 4.01. The van der Waals surface area contributed by atoms with Gasteiger partial charge in [-0.25, -0.2) is 0 Å². The molecule has 124 valence electrons. The van der Waals surface area contributed by atoms with E-state index < -0.39 is 0 Å². The van der Waals surface area contributed by atoms with E-state index in [0.717, 1.165) is 5.46 Å². The van der Waals surface area contributed by atoms with Crippen molar-refractivity contribution in [2.45, 2.75) is 38.9 Å². The highest BCUT2D eigenvalue weighted by Crippen LogP contribution is 2.47. The lowest BCUT2D eigenvalue weighted by Gasteiger charge is -2.32. The summed E-state index contributed by atoms with van der Waals surface area (Å²) in [6.07, 6.45) is 0. The molecule has 3 aromatic rings. The van der Waals surface area contributed by atoms with E-state index in [1.165, 1.54) is 33.0 Å². The van der Waals surface area contributed by atoms with Crippen LogP contribution >= 0.6 is 0 Å². The lowest BCUT2D eigenvalue weighted by atomic mass is 9.74. The van der Waals surface area contributed by atoms with Gasteiger partial charge in [0, 0.05) is 0 Å². The van der Waals surface area contributed by atoms with Crippen LogP contribution in [0.15, 0.2) is 54.6 Å². The maximum absolute atomic E-state index is 6.36. The summed E-state index contributed by atoms with van der Waals surface area (Å²) in [4.78, 5) is 0. The second-order valence-electron chi connectivity index (χ2n) is 8.07. The third-order valence-corrected chi connectivity index (χ3v) is 6.07. The lowest BCUT2D eigenvalue weighted by molar-refractivity contribution is 0.00578. The van der Waals surface area contributed by atoms with Gasteiger partial charge in [0.05, 0.1) is 11.2 Å². The Morgan fingerprint density at radius 3 is 2.04 bits per heavy atom. The summed E-state index contributed by atoms with van der Waals surface area (Å²) in [5.41, 5.74) is 5.60. The fourth-order valence-electron chi connectivity index (χ4n) is 4.01. The molecule has 0 saturated carbocycles. The number of hydrogen-bond acceptors (Lipinski definition) is 2. The van der Waals surface area contributed by atoms with Crippen LogP contribution in [0.25, 0.3) is 33.0 Å². The van der Waals surface area contributed by atoms with Crippen molar-refractivity contribution in [2.75, 3.05) is 0 Å². The number of benzene rings is 3. The minimum absolute atomic E-state index is 0.336. The Kier molecular flexibility index (Phi) is 2.88. The summed E-state index contributed by atoms with van der Waals surface area (Å²) in [7, 11) is -0.344. The SMILES string of the molecule is CC1(C)OB(c2ccc3cccc4c3c2-c2ccccc2-4)OC1(C)C. The monoisotopic (exact) mass is 328 g/mol. The predicted octanol–water partition coefficient (Wildman–Crippen LogP) is 4.79. The average molecular weight is 328 g/mol. The first kappa shape index (κ1) is 15.2. The summed E-state index contributed by atoms with van der Waals surface area (Å²) in [5, 5.41) is 2.58. The average Bonchev–Trinajstić information content (AvgIpc) is 3.02. The van der Waals surface area contributed by atoms with Gasteiger partial charge in [0.2, 0.25) is 0 Å². The van der Waals surface area contributed by atoms with E-state index in [-0.39, 0.29) is 18.3 Å². The largest absolute Gasteiger partial charge is 0.495 e. The van der Waals surface area contributed by atoms with E-state index in [4.69, 9.17) is 9.31 Å². The highest BCUT2D eigenvalue weighted by Gasteiger charge is 2.52. The molecule has 5 rings (SSSR count). The Hall–Kier alpha value is -2.10. The second-order valence-corrected chi connectivity index (χ2v) is 8.07. The van der Waals surface area contributed by atoms with Gasteiger partial charge in [0.25, 0.3) is 0 Å². The molecular formula is C22H21BO2. The molecule has 0 bridgehead atoms. The standard InChI is InChI=1S/C22H21BO2/c1-21(2)22(3,4)25-23(24-21)18-13-12-14-8-7-11-16-15-9-5-6-10-17(15)20(18)19(14)16/h5-13H,1-4H3. The molecule has 1 saturated heterocycles. The van der Waals surface area contributed by atoms with Crippen LogP contribution in [0.3, 0.4) is 0 Å². The summed E-state index contributed by atoms with van der Waals surface area (Å²) in [6, 6.07) is 19.5. The van der Waals surface area contributed by atoms with Gasteiger partial charge < -0.3 is 9.31 Å². The van der Waals surface area contributed by atoms with E-state index in [1.54, 1.807) is 0 Å². The van der Waals surface area contributed by atoms with Gasteiger partial charge in [-0.15, -0.1) is 0 Å². The number of fused-ring (bicyclic) bond motifs is 3. The molecule has 1 aliphatic heterocycles. The Labute approximate surface area is 148 Å². The van der Waals surface area contributed by atoms with Gasteiger partial charge in [-0.3, -0.25) is 0 Å². The second kappa shape index (κ2) is 4.75. The molecule has 0 atom stereocenters. The first-order chi connectivity index (χ1) is 11.9. The quantitative estimate of drug-likeness (QED) is 0.468. The number of rotatable bonds is 1. The first-order valence-corrected chi connectivity index (χ1v) is 8.90. The molecule has 0 N–H and O–H groups in total. The molecule has 0 unspecified atom stereocenters. The van der Waals surface area contributed by atoms with Crippen LogP contribution in [0.1, 0.15) is 27.7 Å². The van der Waals surface area contributed by atoms with Crippen molar-refractivity contribution in [2.24, 2.45) is 0 Å². The molecule has 0 spiro atoms. The van der Waals surface area contributed by atoms with E-state index in [9.17, 15) is 0 Å². The lowest BCUT2D eigenvalue weighted by Crippen LogP contribution is -2.41. The molecule has 1 aliphatic carbocycles. The summed E-state index contributed by atoms with van der Waals surface area (Å²) in [6.45, 7) is 8.42. The molecule has 3 aromatic carbocycles. The van der Waals surface area contributed by atoms with E-state index >= 15 is 0 Å². The van der Waals surface area contributed by atoms with Crippen LogP contribution in [0.5, 0.6) is 0 Å². The third-order valence-electron chi connectivity index (χ3n) is 6.07. The van der Waals surface area contributed by atoms with Crippen molar-refractivity contribution in [3.63, 3.8) is 0 Å². The summed E-state index contributed by atoms with van der Waals surface area (Å²) in [5.74, 6) is 0. The molecule has 3 heteroatoms. The van der Waals surface area contributed by atoms with Crippen molar-refractivity contribution in [1.29, 1.82) is 0 Å². The van der Waals surface area contributed by atoms with Crippen LogP contribution < -0.4 is 5.46 Å². The summed E-state index contributed by atoms with van der Waals surface area (Å²) < 4.78 is 12.7. The van der Waals surface area contributed by atoms with E-state index in [0.29, 0.717) is 0 Å². The van der Waals surface area contributed by atoms with Crippen LogP contribution in [-0.4, -0.2) is 18.3 Å². The molecule has 0 amide bonds. The van der Waals surface area contributed by atoms with Crippen molar-refractivity contribution in [1.82, 2.24) is 0 Å². The Balaban J connectivity index is 1.78. The van der Waals surface area contributed by atoms with E-state index in [2.05, 4.69) is 82.3 Å². The molecule has 1 heterocycles. The van der Waals surface area contributed by atoms with Gasteiger partial charge in [-0.05, 0) is 66.2 Å². The molecule has 25 heavy (non-hydrogen) atoms. The number of hydrogen-bond donors (Lipinski definition) is 0. The van der Waals surface area contributed by atoms with Gasteiger partial charge in [0.1, 0.15) is 0 Å². The third kappa shape index (κ3) is 1.94. The molecule has 0 radical (unpaired) electrons. The van der Waals surface area contributed by atoms with Crippen LogP contribution in [-0.2, 0) is 9.31 Å². The van der Waals surface area contributed by atoms with Crippen molar-refractivity contribution in [3.05, 3.63) is 54.6 Å². The van der Waals surface area contributed by atoms with Crippen molar-refractivity contribution in [3.8, 4) is 22.3 Å². The highest BCUT2D eigenvalue weighted by molar-refractivity contribution is 6.65. The maximum atomic E-state index is 6.36. The Morgan fingerprint density at radius 2 is 1.32 bits per heavy atom. The van der Waals surface area contributed by atoms with Gasteiger partial charge >= 0.3 is 7.12 Å². The molecule has 1 fully saturated rings. The highest BCUT2D eigenvalue weighted by atomic mass is 16.7. The smallest absolute Gasteiger partial charge is 0.399 e. The molecule has 2 nitrogen and oxygen atoms in total. The van der Waals surface area contributed by atoms with Crippen LogP contribution in [0.4, 0.5) is 0 Å². The molecule has 0 aromatic heterocycles. The first-order valence-electron chi connectivity index (χ1n) is 8.90. The summed E-state index contributed by atoms with van der Waals surface area (Å²) >= 11 is 0. The minimum Gasteiger partial charge on any atom is -0.399 e. The normalized spacial score (nSPS) is 19.4. The molecular weight excluding hydrogens is 307 g/mol.